The summed E-state index contributed by atoms with van der Waals surface area (Å²) >= 11 is 0. The van der Waals surface area contributed by atoms with Crippen molar-refractivity contribution in [1.82, 2.24) is 5.32 Å². The van der Waals surface area contributed by atoms with Gasteiger partial charge in [0.15, 0.2) is 0 Å². The van der Waals surface area contributed by atoms with E-state index >= 15 is 0 Å². The lowest BCUT2D eigenvalue weighted by molar-refractivity contribution is 0.136. The third-order valence-electron chi connectivity index (χ3n) is 4.45. The quantitative estimate of drug-likeness (QED) is 0.730. The summed E-state index contributed by atoms with van der Waals surface area (Å²) in [5.41, 5.74) is 0. The fraction of sp³-hybridized carbons (Fsp3) is 1.00. The van der Waals surface area contributed by atoms with Crippen LogP contribution < -0.4 is 5.32 Å². The fourth-order valence-electron chi connectivity index (χ4n) is 3.39. The van der Waals surface area contributed by atoms with E-state index in [-0.39, 0.29) is 0 Å². The van der Waals surface area contributed by atoms with E-state index in [4.69, 9.17) is 0 Å². The maximum atomic E-state index is 3.48. The van der Waals surface area contributed by atoms with Gasteiger partial charge in [-0.2, -0.15) is 0 Å². The minimum atomic E-state index is 0.815. The van der Waals surface area contributed by atoms with Crippen molar-refractivity contribution in [2.75, 3.05) is 7.05 Å². The minimum absolute atomic E-state index is 0.815. The summed E-state index contributed by atoms with van der Waals surface area (Å²) in [4.78, 5) is 0. The van der Waals surface area contributed by atoms with Crippen molar-refractivity contribution in [3.05, 3.63) is 0 Å². The largest absolute Gasteiger partial charge is 0.317 e. The molecule has 3 atom stereocenters. The van der Waals surface area contributed by atoms with Crippen molar-refractivity contribution in [1.29, 1.82) is 0 Å². The van der Waals surface area contributed by atoms with Gasteiger partial charge in [0.05, 0.1) is 0 Å². The molecule has 0 radical (unpaired) electrons. The first-order valence-electron chi connectivity index (χ1n) is 6.39. The van der Waals surface area contributed by atoms with E-state index in [0.29, 0.717) is 0 Å². The van der Waals surface area contributed by atoms with Crippen LogP contribution >= 0.6 is 0 Å². The fourth-order valence-corrected chi connectivity index (χ4v) is 3.39. The Balaban J connectivity index is 1.97. The standard InChI is InChI=1S/C13H25N/c1-9(2)12-7-6-11(14-3)8-13(12)10-4-5-10/h9-14H,4-8H2,1-3H3. The van der Waals surface area contributed by atoms with Crippen LogP contribution in [0, 0.1) is 23.7 Å². The lowest BCUT2D eigenvalue weighted by atomic mass is 9.70. The molecule has 1 heteroatoms. The van der Waals surface area contributed by atoms with Crippen molar-refractivity contribution in [2.45, 2.75) is 52.0 Å². The van der Waals surface area contributed by atoms with Crippen molar-refractivity contribution in [3.8, 4) is 0 Å². The monoisotopic (exact) mass is 195 g/mol. The van der Waals surface area contributed by atoms with Crippen LogP contribution in [0.1, 0.15) is 46.0 Å². The molecule has 0 spiro atoms. The Bertz CT molecular complexity index is 184. The Labute approximate surface area is 88.7 Å². The van der Waals surface area contributed by atoms with Gasteiger partial charge in [-0.25, -0.2) is 0 Å². The van der Waals surface area contributed by atoms with Gasteiger partial charge >= 0.3 is 0 Å². The maximum Gasteiger partial charge on any atom is 0.00670 e. The molecule has 2 saturated carbocycles. The second kappa shape index (κ2) is 4.22. The normalized spacial score (nSPS) is 39.0. The van der Waals surface area contributed by atoms with E-state index in [2.05, 4.69) is 26.2 Å². The summed E-state index contributed by atoms with van der Waals surface area (Å²) in [6, 6.07) is 0.815. The van der Waals surface area contributed by atoms with Crippen LogP contribution in [0.4, 0.5) is 0 Å². The second-order valence-corrected chi connectivity index (χ2v) is 5.71. The van der Waals surface area contributed by atoms with Crippen LogP contribution in [0.15, 0.2) is 0 Å². The lowest BCUT2D eigenvalue weighted by Crippen LogP contribution is -2.38. The van der Waals surface area contributed by atoms with Gasteiger partial charge in [0.25, 0.3) is 0 Å². The molecule has 2 rings (SSSR count). The molecule has 3 unspecified atom stereocenters. The Morgan fingerprint density at radius 3 is 2.29 bits per heavy atom. The molecule has 0 aliphatic heterocycles. The Hall–Kier alpha value is -0.0400. The van der Waals surface area contributed by atoms with Crippen LogP contribution in [0.25, 0.3) is 0 Å². The first-order valence-corrected chi connectivity index (χ1v) is 6.39. The highest BCUT2D eigenvalue weighted by Crippen LogP contribution is 2.48. The van der Waals surface area contributed by atoms with Crippen molar-refractivity contribution < 1.29 is 0 Å². The van der Waals surface area contributed by atoms with Gasteiger partial charge in [-0.3, -0.25) is 0 Å². The van der Waals surface area contributed by atoms with Crippen LogP contribution in [0.3, 0.4) is 0 Å². The van der Waals surface area contributed by atoms with Crippen LogP contribution in [0.5, 0.6) is 0 Å². The SMILES string of the molecule is CNC1CCC(C(C)C)C(C2CC2)C1. The van der Waals surface area contributed by atoms with Crippen LogP contribution in [0.2, 0.25) is 0 Å². The summed E-state index contributed by atoms with van der Waals surface area (Å²) in [5, 5.41) is 3.48. The van der Waals surface area contributed by atoms with Gasteiger partial charge < -0.3 is 5.32 Å². The molecule has 14 heavy (non-hydrogen) atoms. The van der Waals surface area contributed by atoms with Gasteiger partial charge in [0, 0.05) is 6.04 Å². The maximum absolute atomic E-state index is 3.48. The molecule has 0 aromatic carbocycles. The summed E-state index contributed by atoms with van der Waals surface area (Å²) in [7, 11) is 2.13. The summed E-state index contributed by atoms with van der Waals surface area (Å²) < 4.78 is 0. The third kappa shape index (κ3) is 2.13. The number of hydrogen-bond acceptors (Lipinski definition) is 1. The summed E-state index contributed by atoms with van der Waals surface area (Å²) in [6.07, 6.45) is 7.35. The average Bonchev–Trinajstić information content (AvgIpc) is 3.00. The zero-order valence-corrected chi connectivity index (χ0v) is 9.92. The summed E-state index contributed by atoms with van der Waals surface area (Å²) in [5.74, 6) is 4.06. The van der Waals surface area contributed by atoms with Crippen molar-refractivity contribution in [3.63, 3.8) is 0 Å². The molecule has 0 aromatic rings. The van der Waals surface area contributed by atoms with Crippen LogP contribution in [-0.2, 0) is 0 Å². The molecule has 0 aromatic heterocycles. The molecular formula is C13H25N. The molecule has 1 nitrogen and oxygen atoms in total. The average molecular weight is 195 g/mol. The number of rotatable bonds is 3. The summed E-state index contributed by atoms with van der Waals surface area (Å²) in [6.45, 7) is 4.83. The van der Waals surface area contributed by atoms with E-state index in [0.717, 1.165) is 29.7 Å². The zero-order valence-electron chi connectivity index (χ0n) is 9.92. The predicted molar refractivity (Wildman–Crippen MR) is 61.2 cm³/mol. The van der Waals surface area contributed by atoms with Crippen LogP contribution in [-0.4, -0.2) is 13.1 Å². The molecule has 1 N–H and O–H groups in total. The zero-order chi connectivity index (χ0) is 10.1. The molecule has 0 heterocycles. The predicted octanol–water partition coefficient (Wildman–Crippen LogP) is 3.06. The Morgan fingerprint density at radius 2 is 1.79 bits per heavy atom. The lowest BCUT2D eigenvalue weighted by Gasteiger charge is -2.38. The molecule has 0 bridgehead atoms. The Kier molecular flexibility index (Phi) is 3.16. The highest BCUT2D eigenvalue weighted by atomic mass is 14.9. The molecular weight excluding hydrogens is 170 g/mol. The first-order chi connectivity index (χ1) is 6.72. The van der Waals surface area contributed by atoms with E-state index in [9.17, 15) is 0 Å². The van der Waals surface area contributed by atoms with Crippen molar-refractivity contribution in [2.24, 2.45) is 23.7 Å². The van der Waals surface area contributed by atoms with E-state index in [1.165, 1.54) is 32.1 Å². The van der Waals surface area contributed by atoms with Gasteiger partial charge in [0.1, 0.15) is 0 Å². The number of hydrogen-bond donors (Lipinski definition) is 1. The molecule has 2 aliphatic carbocycles. The van der Waals surface area contributed by atoms with Gasteiger partial charge in [-0.1, -0.05) is 13.8 Å². The molecule has 2 aliphatic rings. The van der Waals surface area contributed by atoms with Gasteiger partial charge in [-0.05, 0) is 62.8 Å². The molecule has 82 valence electrons. The highest BCUT2D eigenvalue weighted by Gasteiger charge is 2.40. The minimum Gasteiger partial charge on any atom is -0.317 e. The number of nitrogens with one attached hydrogen (secondary N) is 1. The van der Waals surface area contributed by atoms with Crippen molar-refractivity contribution >= 4 is 0 Å². The topological polar surface area (TPSA) is 12.0 Å². The van der Waals surface area contributed by atoms with E-state index in [1.807, 2.05) is 0 Å². The Morgan fingerprint density at radius 1 is 1.07 bits per heavy atom. The third-order valence-corrected chi connectivity index (χ3v) is 4.45. The van der Waals surface area contributed by atoms with E-state index < -0.39 is 0 Å². The molecule has 0 amide bonds. The molecule has 0 saturated heterocycles. The smallest absolute Gasteiger partial charge is 0.00670 e. The van der Waals surface area contributed by atoms with Gasteiger partial charge in [0.2, 0.25) is 0 Å². The van der Waals surface area contributed by atoms with Gasteiger partial charge in [-0.15, -0.1) is 0 Å². The second-order valence-electron chi connectivity index (χ2n) is 5.71. The van der Waals surface area contributed by atoms with E-state index in [1.54, 1.807) is 0 Å². The highest BCUT2D eigenvalue weighted by molar-refractivity contribution is 4.92. The molecule has 2 fully saturated rings. The first kappa shape index (κ1) is 10.5.